The van der Waals surface area contributed by atoms with Gasteiger partial charge in [-0.05, 0) is 50.9 Å². The average molecular weight is 340 g/mol. The average Bonchev–Trinajstić information content (AvgIpc) is 3.25. The van der Waals surface area contributed by atoms with E-state index in [1.807, 2.05) is 4.90 Å². The highest BCUT2D eigenvalue weighted by molar-refractivity contribution is 7.90. The first kappa shape index (κ1) is 15.9. The highest BCUT2D eigenvalue weighted by Gasteiger charge is 2.54. The molecule has 0 N–H and O–H groups in total. The van der Waals surface area contributed by atoms with E-state index in [1.54, 1.807) is 4.31 Å². The number of sulfonamides is 1. The van der Waals surface area contributed by atoms with Crippen molar-refractivity contribution in [3.63, 3.8) is 0 Å². The van der Waals surface area contributed by atoms with E-state index >= 15 is 0 Å². The van der Waals surface area contributed by atoms with Gasteiger partial charge in [0.25, 0.3) is 0 Å². The van der Waals surface area contributed by atoms with Crippen LogP contribution in [0.25, 0.3) is 0 Å². The predicted octanol–water partition coefficient (Wildman–Crippen LogP) is 1.84. The number of hydrogen-bond donors (Lipinski definition) is 0. The van der Waals surface area contributed by atoms with Gasteiger partial charge in [0, 0.05) is 37.5 Å². The minimum absolute atomic E-state index is 0.0551. The zero-order valence-corrected chi connectivity index (χ0v) is 14.9. The smallest absolute Gasteiger partial charge is 0.225 e. The molecule has 0 aromatic carbocycles. The van der Waals surface area contributed by atoms with Gasteiger partial charge in [-0.2, -0.15) is 0 Å². The fourth-order valence-corrected chi connectivity index (χ4v) is 6.58. The van der Waals surface area contributed by atoms with Gasteiger partial charge in [0.05, 0.1) is 5.25 Å². The van der Waals surface area contributed by atoms with E-state index in [0.717, 1.165) is 51.1 Å². The Morgan fingerprint density at radius 3 is 2.26 bits per heavy atom. The number of rotatable bonds is 3. The monoisotopic (exact) mass is 340 g/mol. The molecule has 0 atom stereocenters. The maximum Gasteiger partial charge on any atom is 0.225 e. The summed E-state index contributed by atoms with van der Waals surface area (Å²) in [5.74, 6) is 1.31. The second-order valence-corrected chi connectivity index (χ2v) is 10.7. The van der Waals surface area contributed by atoms with E-state index in [-0.39, 0.29) is 16.6 Å². The Morgan fingerprint density at radius 2 is 1.65 bits per heavy atom. The Balaban J connectivity index is 1.32. The molecule has 0 unspecified atom stereocenters. The van der Waals surface area contributed by atoms with E-state index in [2.05, 4.69) is 6.92 Å². The molecule has 2 heterocycles. The van der Waals surface area contributed by atoms with E-state index in [1.165, 1.54) is 12.8 Å². The van der Waals surface area contributed by atoms with Crippen LogP contribution in [-0.4, -0.2) is 55.0 Å². The maximum atomic E-state index is 12.6. The van der Waals surface area contributed by atoms with Crippen molar-refractivity contribution in [2.45, 2.75) is 57.1 Å². The van der Waals surface area contributed by atoms with Gasteiger partial charge in [0.1, 0.15) is 0 Å². The summed E-state index contributed by atoms with van der Waals surface area (Å²) in [5.41, 5.74) is 0.0551. The number of carbonyl (C=O) groups excluding carboxylic acids is 1. The van der Waals surface area contributed by atoms with E-state index in [4.69, 9.17) is 0 Å². The van der Waals surface area contributed by atoms with Crippen molar-refractivity contribution in [2.75, 3.05) is 26.2 Å². The molecule has 5 nitrogen and oxygen atoms in total. The topological polar surface area (TPSA) is 57.7 Å². The minimum Gasteiger partial charge on any atom is -0.341 e. The van der Waals surface area contributed by atoms with Crippen LogP contribution in [0, 0.1) is 17.3 Å². The molecular weight excluding hydrogens is 312 g/mol. The maximum absolute atomic E-state index is 12.6. The summed E-state index contributed by atoms with van der Waals surface area (Å²) in [7, 11) is -3.05. The zero-order valence-electron chi connectivity index (χ0n) is 14.0. The van der Waals surface area contributed by atoms with Gasteiger partial charge < -0.3 is 4.90 Å². The summed E-state index contributed by atoms with van der Waals surface area (Å²) in [6.07, 6.45) is 6.99. The highest BCUT2D eigenvalue weighted by atomic mass is 32.2. The number of nitrogens with zero attached hydrogens (tertiary/aromatic N) is 2. The molecule has 4 fully saturated rings. The molecule has 0 aromatic rings. The minimum atomic E-state index is -3.05. The molecule has 2 saturated heterocycles. The first-order chi connectivity index (χ1) is 10.9. The molecule has 130 valence electrons. The molecule has 0 aromatic heterocycles. The molecule has 23 heavy (non-hydrogen) atoms. The third-order valence-electron chi connectivity index (χ3n) is 6.44. The summed E-state index contributed by atoms with van der Waals surface area (Å²) in [6.45, 7) is 5.11. The first-order valence-electron chi connectivity index (χ1n) is 9.17. The van der Waals surface area contributed by atoms with Crippen molar-refractivity contribution in [3.8, 4) is 0 Å². The molecule has 0 bridgehead atoms. The van der Waals surface area contributed by atoms with Crippen LogP contribution in [0.1, 0.15) is 51.9 Å². The molecule has 1 spiro atoms. The SMILES string of the molecule is CC1CCC(C(=O)N2CC3(CCN(S(=O)(=O)C4CC4)C3)C2)CC1. The van der Waals surface area contributed by atoms with E-state index < -0.39 is 10.0 Å². The van der Waals surface area contributed by atoms with Gasteiger partial charge in [0.2, 0.25) is 15.9 Å². The number of likely N-dealkylation sites (tertiary alicyclic amines) is 1. The third kappa shape index (κ3) is 2.82. The van der Waals surface area contributed by atoms with Crippen molar-refractivity contribution < 1.29 is 13.2 Å². The molecule has 4 rings (SSSR count). The van der Waals surface area contributed by atoms with Crippen molar-refractivity contribution in [1.82, 2.24) is 9.21 Å². The molecule has 4 aliphatic rings. The molecule has 2 saturated carbocycles. The Labute approximate surface area is 139 Å². The van der Waals surface area contributed by atoms with Crippen LogP contribution < -0.4 is 0 Å². The van der Waals surface area contributed by atoms with Crippen molar-refractivity contribution >= 4 is 15.9 Å². The largest absolute Gasteiger partial charge is 0.341 e. The zero-order chi connectivity index (χ0) is 16.2. The second-order valence-electron chi connectivity index (χ2n) is 8.48. The van der Waals surface area contributed by atoms with Gasteiger partial charge in [0.15, 0.2) is 0 Å². The number of amides is 1. The van der Waals surface area contributed by atoms with Crippen molar-refractivity contribution in [3.05, 3.63) is 0 Å². The number of carbonyl (C=O) groups is 1. The molecular formula is C17H28N2O3S. The third-order valence-corrected chi connectivity index (χ3v) is 8.78. The predicted molar refractivity (Wildman–Crippen MR) is 88.3 cm³/mol. The van der Waals surface area contributed by atoms with E-state index in [9.17, 15) is 13.2 Å². The van der Waals surface area contributed by atoms with Gasteiger partial charge in [-0.15, -0.1) is 0 Å². The first-order valence-corrected chi connectivity index (χ1v) is 10.7. The quantitative estimate of drug-likeness (QED) is 0.788. The van der Waals surface area contributed by atoms with Crippen molar-refractivity contribution in [1.29, 1.82) is 0 Å². The Hall–Kier alpha value is -0.620. The molecule has 2 aliphatic carbocycles. The summed E-state index contributed by atoms with van der Waals surface area (Å²) in [4.78, 5) is 14.6. The van der Waals surface area contributed by atoms with Crippen LogP contribution in [0.4, 0.5) is 0 Å². The fourth-order valence-electron chi connectivity index (χ4n) is 4.63. The lowest BCUT2D eigenvalue weighted by molar-refractivity contribution is -0.148. The molecule has 2 aliphatic heterocycles. The van der Waals surface area contributed by atoms with Crippen LogP contribution in [0.3, 0.4) is 0 Å². The van der Waals surface area contributed by atoms with Crippen molar-refractivity contribution in [2.24, 2.45) is 17.3 Å². The second kappa shape index (κ2) is 5.45. The molecule has 6 heteroatoms. The number of hydrogen-bond acceptors (Lipinski definition) is 3. The van der Waals surface area contributed by atoms with Crippen LogP contribution in [0.5, 0.6) is 0 Å². The van der Waals surface area contributed by atoms with Crippen LogP contribution in [-0.2, 0) is 14.8 Å². The standard InChI is InChI=1S/C17H28N2O3S/c1-13-2-4-14(5-3-13)16(20)18-10-17(11-18)8-9-19(12-17)23(21,22)15-6-7-15/h13-15H,2-12H2,1H3. The molecule has 0 radical (unpaired) electrons. The fraction of sp³-hybridized carbons (Fsp3) is 0.941. The summed E-state index contributed by atoms with van der Waals surface area (Å²) in [6, 6.07) is 0. The van der Waals surface area contributed by atoms with Crippen LogP contribution >= 0.6 is 0 Å². The van der Waals surface area contributed by atoms with Gasteiger partial charge in [-0.1, -0.05) is 6.92 Å². The van der Waals surface area contributed by atoms with Gasteiger partial charge >= 0.3 is 0 Å². The lowest BCUT2D eigenvalue weighted by Crippen LogP contribution is -2.61. The van der Waals surface area contributed by atoms with Gasteiger partial charge in [-0.25, -0.2) is 12.7 Å². The highest BCUT2D eigenvalue weighted by Crippen LogP contribution is 2.44. The Bertz CT molecular complexity index is 585. The van der Waals surface area contributed by atoms with E-state index in [0.29, 0.717) is 19.0 Å². The summed E-state index contributed by atoms with van der Waals surface area (Å²) >= 11 is 0. The normalized spacial score (nSPS) is 34.6. The lowest BCUT2D eigenvalue weighted by Gasteiger charge is -2.49. The lowest BCUT2D eigenvalue weighted by atomic mass is 9.76. The van der Waals surface area contributed by atoms with Gasteiger partial charge in [-0.3, -0.25) is 4.79 Å². The molecule has 1 amide bonds. The van der Waals surface area contributed by atoms with Crippen LogP contribution in [0.15, 0.2) is 0 Å². The Morgan fingerprint density at radius 1 is 1.00 bits per heavy atom. The summed E-state index contributed by atoms with van der Waals surface area (Å²) in [5, 5.41) is -0.111. The summed E-state index contributed by atoms with van der Waals surface area (Å²) < 4.78 is 26.4. The van der Waals surface area contributed by atoms with Crippen LogP contribution in [0.2, 0.25) is 0 Å². The Kier molecular flexibility index (Phi) is 3.76.